The van der Waals surface area contributed by atoms with Crippen LogP contribution < -0.4 is 10.6 Å². The Balaban J connectivity index is 1.65. The van der Waals surface area contributed by atoms with Gasteiger partial charge in [0.15, 0.2) is 0 Å². The van der Waals surface area contributed by atoms with E-state index in [2.05, 4.69) is 20.5 Å². The van der Waals surface area contributed by atoms with E-state index in [1.807, 2.05) is 24.6 Å². The first-order valence-electron chi connectivity index (χ1n) is 7.46. The van der Waals surface area contributed by atoms with Crippen molar-refractivity contribution in [3.63, 3.8) is 0 Å². The lowest BCUT2D eigenvalue weighted by Crippen LogP contribution is -2.50. The molecule has 2 heterocycles. The fraction of sp³-hybridized carbons (Fsp3) is 0.714. The predicted octanol–water partition coefficient (Wildman–Crippen LogP) is 0.292. The van der Waals surface area contributed by atoms with Gasteiger partial charge in [0.05, 0.1) is 19.5 Å². The Morgan fingerprint density at radius 3 is 2.52 bits per heavy atom. The van der Waals surface area contributed by atoms with Gasteiger partial charge in [-0.25, -0.2) is 9.78 Å². The lowest BCUT2D eigenvalue weighted by Gasteiger charge is -2.29. The van der Waals surface area contributed by atoms with Crippen LogP contribution in [0, 0.1) is 0 Å². The summed E-state index contributed by atoms with van der Waals surface area (Å²) in [6.45, 7) is 9.00. The van der Waals surface area contributed by atoms with Crippen LogP contribution in [0.4, 0.5) is 4.79 Å². The standard InChI is InChI=1S/C14H25N5O2/c1-12(9-18-5-7-21-8-6-18)16-14(20)17-13(2)10-19-4-3-15-11-19/h3-4,11-13H,5-10H2,1-2H3,(H2,16,17,20)/t12-,13-/m1/s1. The third-order valence-corrected chi connectivity index (χ3v) is 3.43. The molecule has 118 valence electrons. The number of urea groups is 1. The Morgan fingerprint density at radius 2 is 1.90 bits per heavy atom. The number of nitrogens with zero attached hydrogens (tertiary/aromatic N) is 3. The van der Waals surface area contributed by atoms with Gasteiger partial charge in [-0.1, -0.05) is 0 Å². The molecule has 1 aromatic rings. The van der Waals surface area contributed by atoms with Crippen molar-refractivity contribution in [1.82, 2.24) is 25.1 Å². The maximum absolute atomic E-state index is 11.9. The number of imidazole rings is 1. The van der Waals surface area contributed by atoms with E-state index in [9.17, 15) is 4.79 Å². The number of aromatic nitrogens is 2. The highest BCUT2D eigenvalue weighted by molar-refractivity contribution is 5.74. The molecular weight excluding hydrogens is 270 g/mol. The van der Waals surface area contributed by atoms with Crippen LogP contribution in [0.25, 0.3) is 0 Å². The van der Waals surface area contributed by atoms with E-state index in [1.54, 1.807) is 12.5 Å². The Kier molecular flexibility index (Phi) is 6.01. The second-order valence-corrected chi connectivity index (χ2v) is 5.59. The highest BCUT2D eigenvalue weighted by Crippen LogP contribution is 1.98. The second-order valence-electron chi connectivity index (χ2n) is 5.59. The molecule has 0 spiro atoms. The van der Waals surface area contributed by atoms with Crippen molar-refractivity contribution in [2.24, 2.45) is 0 Å². The number of carbonyl (C=O) groups is 1. The number of morpholine rings is 1. The molecule has 1 fully saturated rings. The van der Waals surface area contributed by atoms with E-state index >= 15 is 0 Å². The molecule has 1 saturated heterocycles. The summed E-state index contributed by atoms with van der Waals surface area (Å²) in [5.41, 5.74) is 0. The number of hydrogen-bond donors (Lipinski definition) is 2. The molecule has 0 unspecified atom stereocenters. The van der Waals surface area contributed by atoms with Crippen LogP contribution in [0.5, 0.6) is 0 Å². The zero-order chi connectivity index (χ0) is 15.1. The number of nitrogens with one attached hydrogen (secondary N) is 2. The second kappa shape index (κ2) is 7.99. The van der Waals surface area contributed by atoms with Crippen molar-refractivity contribution < 1.29 is 9.53 Å². The molecule has 2 N–H and O–H groups in total. The van der Waals surface area contributed by atoms with Gasteiger partial charge < -0.3 is 19.9 Å². The van der Waals surface area contributed by atoms with Gasteiger partial charge in [0.25, 0.3) is 0 Å². The molecule has 21 heavy (non-hydrogen) atoms. The first-order valence-corrected chi connectivity index (χ1v) is 7.46. The minimum Gasteiger partial charge on any atom is -0.379 e. The number of amides is 2. The molecule has 2 rings (SSSR count). The minimum atomic E-state index is -0.122. The van der Waals surface area contributed by atoms with Gasteiger partial charge in [0, 0.05) is 50.7 Å². The molecular formula is C14H25N5O2. The molecule has 2 atom stereocenters. The molecule has 7 heteroatoms. The summed E-state index contributed by atoms with van der Waals surface area (Å²) in [6.07, 6.45) is 5.37. The zero-order valence-corrected chi connectivity index (χ0v) is 12.8. The van der Waals surface area contributed by atoms with Gasteiger partial charge in [0.1, 0.15) is 0 Å². The van der Waals surface area contributed by atoms with Crippen molar-refractivity contribution in [2.75, 3.05) is 32.8 Å². The Labute approximate surface area is 125 Å². The Bertz CT molecular complexity index is 417. The molecule has 1 aliphatic heterocycles. The maximum Gasteiger partial charge on any atom is 0.315 e. The highest BCUT2D eigenvalue weighted by Gasteiger charge is 2.16. The largest absolute Gasteiger partial charge is 0.379 e. The van der Waals surface area contributed by atoms with Crippen molar-refractivity contribution in [2.45, 2.75) is 32.5 Å². The van der Waals surface area contributed by atoms with Crippen molar-refractivity contribution >= 4 is 6.03 Å². The summed E-state index contributed by atoms with van der Waals surface area (Å²) >= 11 is 0. The van der Waals surface area contributed by atoms with Crippen LogP contribution >= 0.6 is 0 Å². The molecule has 0 bridgehead atoms. The maximum atomic E-state index is 11.9. The van der Waals surface area contributed by atoms with Crippen LogP contribution in [0.15, 0.2) is 18.7 Å². The summed E-state index contributed by atoms with van der Waals surface area (Å²) in [6, 6.07) is 0.0432. The quantitative estimate of drug-likeness (QED) is 0.791. The van der Waals surface area contributed by atoms with Crippen LogP contribution in [0.3, 0.4) is 0 Å². The number of carbonyl (C=O) groups excluding carboxylic acids is 1. The summed E-state index contributed by atoms with van der Waals surface area (Å²) in [5, 5.41) is 5.92. The zero-order valence-electron chi connectivity index (χ0n) is 12.8. The normalized spacial score (nSPS) is 19.0. The monoisotopic (exact) mass is 295 g/mol. The van der Waals surface area contributed by atoms with Gasteiger partial charge in [-0.2, -0.15) is 0 Å². The summed E-state index contributed by atoms with van der Waals surface area (Å²) < 4.78 is 7.26. The van der Waals surface area contributed by atoms with Crippen LogP contribution in [-0.4, -0.2) is 65.4 Å². The van der Waals surface area contributed by atoms with Crippen molar-refractivity contribution in [1.29, 1.82) is 0 Å². The number of rotatable bonds is 6. The van der Waals surface area contributed by atoms with Gasteiger partial charge in [-0.05, 0) is 13.8 Å². The van der Waals surface area contributed by atoms with Gasteiger partial charge >= 0.3 is 6.03 Å². The number of ether oxygens (including phenoxy) is 1. The molecule has 0 aromatic carbocycles. The molecule has 7 nitrogen and oxygen atoms in total. The minimum absolute atomic E-state index is 0.0507. The van der Waals surface area contributed by atoms with E-state index < -0.39 is 0 Å². The van der Waals surface area contributed by atoms with E-state index in [0.717, 1.165) is 32.8 Å². The van der Waals surface area contributed by atoms with Crippen LogP contribution in [0.2, 0.25) is 0 Å². The molecule has 1 aromatic heterocycles. The third kappa shape index (κ3) is 5.73. The highest BCUT2D eigenvalue weighted by atomic mass is 16.5. The van der Waals surface area contributed by atoms with E-state index in [-0.39, 0.29) is 18.1 Å². The van der Waals surface area contributed by atoms with Crippen molar-refractivity contribution in [3.05, 3.63) is 18.7 Å². The van der Waals surface area contributed by atoms with E-state index in [4.69, 9.17) is 4.74 Å². The molecule has 2 amide bonds. The van der Waals surface area contributed by atoms with Crippen molar-refractivity contribution in [3.8, 4) is 0 Å². The average Bonchev–Trinajstić information content (AvgIpc) is 2.91. The lowest BCUT2D eigenvalue weighted by molar-refractivity contribution is 0.0349. The molecule has 0 saturated carbocycles. The Hall–Kier alpha value is -1.60. The molecule has 0 radical (unpaired) electrons. The van der Waals surface area contributed by atoms with E-state index in [0.29, 0.717) is 6.54 Å². The first kappa shape index (κ1) is 15.8. The lowest BCUT2D eigenvalue weighted by atomic mass is 10.3. The first-order chi connectivity index (χ1) is 10.1. The topological polar surface area (TPSA) is 71.4 Å². The Morgan fingerprint density at radius 1 is 1.24 bits per heavy atom. The summed E-state index contributed by atoms with van der Waals surface area (Å²) in [4.78, 5) is 18.2. The third-order valence-electron chi connectivity index (χ3n) is 3.43. The molecule has 1 aliphatic rings. The summed E-state index contributed by atoms with van der Waals surface area (Å²) in [5.74, 6) is 0. The fourth-order valence-electron chi connectivity index (χ4n) is 2.46. The number of hydrogen-bond acceptors (Lipinski definition) is 4. The summed E-state index contributed by atoms with van der Waals surface area (Å²) in [7, 11) is 0. The van der Waals surface area contributed by atoms with Crippen LogP contribution in [0.1, 0.15) is 13.8 Å². The predicted molar refractivity (Wildman–Crippen MR) is 80.1 cm³/mol. The smallest absolute Gasteiger partial charge is 0.315 e. The SMILES string of the molecule is C[C@H](CN1CCOCC1)NC(=O)N[C@H](C)Cn1ccnc1. The van der Waals surface area contributed by atoms with Gasteiger partial charge in [-0.15, -0.1) is 0 Å². The molecule has 0 aliphatic carbocycles. The van der Waals surface area contributed by atoms with E-state index in [1.165, 1.54) is 0 Å². The fourth-order valence-corrected chi connectivity index (χ4v) is 2.46. The van der Waals surface area contributed by atoms with Gasteiger partial charge in [0.2, 0.25) is 0 Å². The van der Waals surface area contributed by atoms with Gasteiger partial charge in [-0.3, -0.25) is 4.90 Å². The van der Waals surface area contributed by atoms with Crippen LogP contribution in [-0.2, 0) is 11.3 Å². The average molecular weight is 295 g/mol.